The Balaban J connectivity index is 1.43. The van der Waals surface area contributed by atoms with Crippen LogP contribution in [-0.2, 0) is 11.3 Å². The van der Waals surface area contributed by atoms with E-state index in [0.29, 0.717) is 6.10 Å². The third kappa shape index (κ3) is 5.12. The molecule has 0 radical (unpaired) electrons. The SMILES string of the molecule is S=C(NCC1CCCO1)N1CCCN(Cc2cccnc2)CC1. The monoisotopic (exact) mass is 334 g/mol. The molecule has 2 aliphatic rings. The third-order valence-electron chi connectivity index (χ3n) is 4.51. The van der Waals surface area contributed by atoms with Gasteiger partial charge in [0.1, 0.15) is 0 Å². The molecule has 3 rings (SSSR count). The lowest BCUT2D eigenvalue weighted by atomic mass is 10.2. The lowest BCUT2D eigenvalue weighted by Gasteiger charge is -2.25. The molecule has 1 N–H and O–H groups in total. The molecule has 6 heteroatoms. The van der Waals surface area contributed by atoms with E-state index in [2.05, 4.69) is 26.2 Å². The molecule has 0 amide bonds. The van der Waals surface area contributed by atoms with Crippen molar-refractivity contribution in [1.82, 2.24) is 20.1 Å². The van der Waals surface area contributed by atoms with Crippen molar-refractivity contribution < 1.29 is 4.74 Å². The summed E-state index contributed by atoms with van der Waals surface area (Å²) in [6.45, 7) is 6.87. The standard InChI is InChI=1S/C17H26N4OS/c23-17(19-13-16-5-2-11-22-16)21-8-3-7-20(9-10-21)14-15-4-1-6-18-12-15/h1,4,6,12,16H,2-3,5,7-11,13-14H2,(H,19,23). The summed E-state index contributed by atoms with van der Waals surface area (Å²) in [5.74, 6) is 0. The van der Waals surface area contributed by atoms with Crippen molar-refractivity contribution in [2.24, 2.45) is 0 Å². The van der Waals surface area contributed by atoms with Crippen molar-refractivity contribution in [2.45, 2.75) is 31.9 Å². The fraction of sp³-hybridized carbons (Fsp3) is 0.647. The number of nitrogens with zero attached hydrogens (tertiary/aromatic N) is 3. The van der Waals surface area contributed by atoms with Crippen LogP contribution < -0.4 is 5.32 Å². The van der Waals surface area contributed by atoms with Crippen molar-refractivity contribution in [1.29, 1.82) is 0 Å². The number of hydrogen-bond donors (Lipinski definition) is 1. The summed E-state index contributed by atoms with van der Waals surface area (Å²) in [6, 6.07) is 4.15. The summed E-state index contributed by atoms with van der Waals surface area (Å²) in [4.78, 5) is 8.98. The lowest BCUT2D eigenvalue weighted by Crippen LogP contribution is -2.44. The van der Waals surface area contributed by atoms with Crippen LogP contribution in [0.15, 0.2) is 24.5 Å². The molecule has 0 aromatic carbocycles. The van der Waals surface area contributed by atoms with E-state index in [-0.39, 0.29) is 0 Å². The van der Waals surface area contributed by atoms with Gasteiger partial charge in [0, 0.05) is 58.3 Å². The highest BCUT2D eigenvalue weighted by Gasteiger charge is 2.19. The Bertz CT molecular complexity index is 493. The van der Waals surface area contributed by atoms with Crippen LogP contribution in [0.4, 0.5) is 0 Å². The van der Waals surface area contributed by atoms with Crippen molar-refractivity contribution >= 4 is 17.3 Å². The molecule has 126 valence electrons. The minimum Gasteiger partial charge on any atom is -0.376 e. The zero-order chi connectivity index (χ0) is 15.9. The molecule has 0 bridgehead atoms. The maximum Gasteiger partial charge on any atom is 0.169 e. The zero-order valence-electron chi connectivity index (χ0n) is 13.6. The van der Waals surface area contributed by atoms with E-state index in [1.165, 1.54) is 12.0 Å². The first kappa shape index (κ1) is 16.6. The lowest BCUT2D eigenvalue weighted by molar-refractivity contribution is 0.113. The number of hydrogen-bond acceptors (Lipinski definition) is 4. The molecule has 23 heavy (non-hydrogen) atoms. The van der Waals surface area contributed by atoms with Gasteiger partial charge in [-0.05, 0) is 43.1 Å². The fourth-order valence-corrected chi connectivity index (χ4v) is 3.47. The molecule has 2 aliphatic heterocycles. The quantitative estimate of drug-likeness (QED) is 0.845. The first-order chi connectivity index (χ1) is 11.3. The molecule has 3 heterocycles. The van der Waals surface area contributed by atoms with E-state index in [1.807, 2.05) is 18.5 Å². The van der Waals surface area contributed by atoms with Gasteiger partial charge in [-0.3, -0.25) is 9.88 Å². The maximum absolute atomic E-state index is 5.64. The van der Waals surface area contributed by atoms with Gasteiger partial charge in [-0.1, -0.05) is 6.07 Å². The van der Waals surface area contributed by atoms with Crippen LogP contribution in [0, 0.1) is 0 Å². The summed E-state index contributed by atoms with van der Waals surface area (Å²) in [5.41, 5.74) is 1.28. The molecule has 1 unspecified atom stereocenters. The molecule has 0 saturated carbocycles. The van der Waals surface area contributed by atoms with Gasteiger partial charge in [0.2, 0.25) is 0 Å². The maximum atomic E-state index is 5.64. The number of nitrogens with one attached hydrogen (secondary N) is 1. The molecule has 1 atom stereocenters. The number of rotatable bonds is 4. The Morgan fingerprint density at radius 3 is 3.04 bits per heavy atom. The van der Waals surface area contributed by atoms with E-state index in [4.69, 9.17) is 17.0 Å². The van der Waals surface area contributed by atoms with Crippen LogP contribution in [0.1, 0.15) is 24.8 Å². The van der Waals surface area contributed by atoms with Crippen molar-refractivity contribution in [3.8, 4) is 0 Å². The number of aromatic nitrogens is 1. The van der Waals surface area contributed by atoms with E-state index < -0.39 is 0 Å². The second-order valence-electron chi connectivity index (χ2n) is 6.30. The average molecular weight is 334 g/mol. The Hall–Kier alpha value is -1.24. The Kier molecular flexibility index (Phi) is 6.19. The highest BCUT2D eigenvalue weighted by atomic mass is 32.1. The van der Waals surface area contributed by atoms with Gasteiger partial charge in [-0.25, -0.2) is 0 Å². The van der Waals surface area contributed by atoms with Gasteiger partial charge in [-0.2, -0.15) is 0 Å². The normalized spacial score (nSPS) is 22.8. The van der Waals surface area contributed by atoms with Gasteiger partial charge >= 0.3 is 0 Å². The Morgan fingerprint density at radius 1 is 1.30 bits per heavy atom. The summed E-state index contributed by atoms with van der Waals surface area (Å²) in [6.07, 6.45) is 7.58. The molecule has 1 aromatic rings. The predicted octanol–water partition coefficient (Wildman–Crippen LogP) is 1.64. The molecule has 5 nitrogen and oxygen atoms in total. The summed E-state index contributed by atoms with van der Waals surface area (Å²) in [7, 11) is 0. The van der Waals surface area contributed by atoms with Crippen molar-refractivity contribution in [3.05, 3.63) is 30.1 Å². The average Bonchev–Trinajstić information content (AvgIpc) is 2.99. The van der Waals surface area contributed by atoms with E-state index in [9.17, 15) is 0 Å². The minimum absolute atomic E-state index is 0.335. The molecular weight excluding hydrogens is 308 g/mol. The molecule has 0 spiro atoms. The highest BCUT2D eigenvalue weighted by molar-refractivity contribution is 7.80. The van der Waals surface area contributed by atoms with Gasteiger partial charge < -0.3 is 15.0 Å². The van der Waals surface area contributed by atoms with Crippen LogP contribution in [0.3, 0.4) is 0 Å². The summed E-state index contributed by atoms with van der Waals surface area (Å²) >= 11 is 5.57. The van der Waals surface area contributed by atoms with Crippen LogP contribution >= 0.6 is 12.2 Å². The van der Waals surface area contributed by atoms with E-state index in [0.717, 1.165) is 63.8 Å². The number of pyridine rings is 1. The Labute approximate surface area is 144 Å². The molecule has 2 saturated heterocycles. The topological polar surface area (TPSA) is 40.6 Å². The smallest absolute Gasteiger partial charge is 0.169 e. The number of thiocarbonyl (C=S) groups is 1. The van der Waals surface area contributed by atoms with Gasteiger partial charge in [0.25, 0.3) is 0 Å². The van der Waals surface area contributed by atoms with Crippen molar-refractivity contribution in [2.75, 3.05) is 39.3 Å². The van der Waals surface area contributed by atoms with Gasteiger partial charge in [0.05, 0.1) is 6.10 Å². The highest BCUT2D eigenvalue weighted by Crippen LogP contribution is 2.11. The van der Waals surface area contributed by atoms with Crippen molar-refractivity contribution in [3.63, 3.8) is 0 Å². The first-order valence-corrected chi connectivity index (χ1v) is 8.98. The second-order valence-corrected chi connectivity index (χ2v) is 6.69. The van der Waals surface area contributed by atoms with Crippen LogP contribution in [0.2, 0.25) is 0 Å². The number of ether oxygens (including phenoxy) is 1. The summed E-state index contributed by atoms with van der Waals surface area (Å²) < 4.78 is 5.64. The van der Waals surface area contributed by atoms with Gasteiger partial charge in [-0.15, -0.1) is 0 Å². The fourth-order valence-electron chi connectivity index (χ4n) is 3.20. The summed E-state index contributed by atoms with van der Waals surface area (Å²) in [5, 5.41) is 4.27. The Morgan fingerprint density at radius 2 is 2.26 bits per heavy atom. The molecule has 2 fully saturated rings. The van der Waals surface area contributed by atoms with Gasteiger partial charge in [0.15, 0.2) is 5.11 Å². The first-order valence-electron chi connectivity index (χ1n) is 8.57. The minimum atomic E-state index is 0.335. The van der Waals surface area contributed by atoms with Crippen LogP contribution in [0.25, 0.3) is 0 Å². The second kappa shape index (κ2) is 8.57. The molecular formula is C17H26N4OS. The van der Waals surface area contributed by atoms with Crippen LogP contribution in [-0.4, -0.2) is 65.3 Å². The third-order valence-corrected chi connectivity index (χ3v) is 4.91. The zero-order valence-corrected chi connectivity index (χ0v) is 14.4. The molecule has 1 aromatic heterocycles. The van der Waals surface area contributed by atoms with Crippen LogP contribution in [0.5, 0.6) is 0 Å². The molecule has 0 aliphatic carbocycles. The predicted molar refractivity (Wildman–Crippen MR) is 95.3 cm³/mol. The largest absolute Gasteiger partial charge is 0.376 e. The van der Waals surface area contributed by atoms with E-state index >= 15 is 0 Å². The van der Waals surface area contributed by atoms with E-state index in [1.54, 1.807) is 0 Å².